The lowest BCUT2D eigenvalue weighted by molar-refractivity contribution is -0.121. The van der Waals surface area contributed by atoms with Crippen molar-refractivity contribution in [1.82, 2.24) is 20.4 Å². The lowest BCUT2D eigenvalue weighted by atomic mass is 10.1. The molecule has 22 heavy (non-hydrogen) atoms. The average molecular weight is 308 g/mol. The zero-order valence-corrected chi connectivity index (χ0v) is 13.4. The molecule has 0 aromatic heterocycles. The van der Waals surface area contributed by atoms with E-state index in [1.165, 1.54) is 32.4 Å². The first kappa shape index (κ1) is 15.7. The Morgan fingerprint density at radius 3 is 2.41 bits per heavy atom. The Morgan fingerprint density at radius 1 is 0.909 bits per heavy atom. The van der Waals surface area contributed by atoms with Gasteiger partial charge in [0.25, 0.3) is 0 Å². The molecule has 6 heteroatoms. The van der Waals surface area contributed by atoms with Crippen LogP contribution in [0.4, 0.5) is 4.79 Å². The lowest BCUT2D eigenvalue weighted by Crippen LogP contribution is -2.45. The van der Waals surface area contributed by atoms with Crippen LogP contribution in [-0.4, -0.2) is 66.5 Å². The third-order valence-corrected chi connectivity index (χ3v) is 4.98. The van der Waals surface area contributed by atoms with E-state index in [1.807, 2.05) is 0 Å². The molecular formula is C16H28N4O2. The van der Waals surface area contributed by atoms with Crippen molar-refractivity contribution in [3.63, 3.8) is 0 Å². The van der Waals surface area contributed by atoms with Gasteiger partial charge in [0.2, 0.25) is 5.91 Å². The van der Waals surface area contributed by atoms with Gasteiger partial charge >= 0.3 is 6.03 Å². The largest absolute Gasteiger partial charge is 0.335 e. The van der Waals surface area contributed by atoms with Gasteiger partial charge in [-0.3, -0.25) is 15.0 Å². The third-order valence-electron chi connectivity index (χ3n) is 4.98. The molecule has 2 aliphatic heterocycles. The van der Waals surface area contributed by atoms with Crippen molar-refractivity contribution in [2.45, 2.75) is 57.0 Å². The maximum absolute atomic E-state index is 11.9. The Bertz CT molecular complexity index is 405. The van der Waals surface area contributed by atoms with Crippen LogP contribution in [0.5, 0.6) is 0 Å². The zero-order chi connectivity index (χ0) is 15.4. The monoisotopic (exact) mass is 308 g/mol. The first-order valence-electron chi connectivity index (χ1n) is 8.77. The predicted molar refractivity (Wildman–Crippen MR) is 84.6 cm³/mol. The van der Waals surface area contributed by atoms with Crippen molar-refractivity contribution in [3.05, 3.63) is 0 Å². The highest BCUT2D eigenvalue weighted by atomic mass is 16.2. The van der Waals surface area contributed by atoms with Crippen LogP contribution in [0.2, 0.25) is 0 Å². The first-order chi connectivity index (χ1) is 10.7. The number of carbonyl (C=O) groups excluding carboxylic acids is 2. The quantitative estimate of drug-likeness (QED) is 0.811. The first-order valence-corrected chi connectivity index (χ1v) is 8.77. The number of hydrogen-bond acceptors (Lipinski definition) is 4. The molecule has 3 amide bonds. The molecule has 2 heterocycles. The van der Waals surface area contributed by atoms with Gasteiger partial charge in [-0.25, -0.2) is 4.79 Å². The van der Waals surface area contributed by atoms with Gasteiger partial charge in [0.15, 0.2) is 0 Å². The summed E-state index contributed by atoms with van der Waals surface area (Å²) in [6.07, 6.45) is 8.25. The van der Waals surface area contributed by atoms with E-state index < -0.39 is 0 Å². The summed E-state index contributed by atoms with van der Waals surface area (Å²) in [6.45, 7) is 4.74. The second kappa shape index (κ2) is 7.42. The van der Waals surface area contributed by atoms with Crippen LogP contribution in [0, 0.1) is 0 Å². The molecule has 1 aliphatic carbocycles. The van der Waals surface area contributed by atoms with E-state index in [-0.39, 0.29) is 18.0 Å². The Kier molecular flexibility index (Phi) is 5.31. The van der Waals surface area contributed by atoms with Gasteiger partial charge < -0.3 is 10.2 Å². The highest BCUT2D eigenvalue weighted by Gasteiger charge is 2.26. The zero-order valence-electron chi connectivity index (χ0n) is 13.4. The number of urea groups is 1. The van der Waals surface area contributed by atoms with Crippen molar-refractivity contribution in [1.29, 1.82) is 0 Å². The fourth-order valence-electron chi connectivity index (χ4n) is 3.59. The average Bonchev–Trinajstić information content (AvgIpc) is 3.17. The van der Waals surface area contributed by atoms with Crippen LogP contribution in [0.25, 0.3) is 0 Å². The Balaban J connectivity index is 1.38. The molecule has 1 atom stereocenters. The number of carbonyl (C=O) groups is 2. The molecule has 1 unspecified atom stereocenters. The molecule has 0 spiro atoms. The smallest absolute Gasteiger partial charge is 0.321 e. The molecule has 2 N–H and O–H groups in total. The second-order valence-corrected chi connectivity index (χ2v) is 6.90. The minimum absolute atomic E-state index is 0.183. The SMILES string of the molecule is O=C(CN1CCCC(N2CCCC2)CC1)NC(=O)NC1CC1. The van der Waals surface area contributed by atoms with Gasteiger partial charge in [-0.15, -0.1) is 0 Å². The highest BCUT2D eigenvalue weighted by Crippen LogP contribution is 2.21. The lowest BCUT2D eigenvalue weighted by Gasteiger charge is -2.26. The molecule has 2 saturated heterocycles. The number of rotatable bonds is 4. The van der Waals surface area contributed by atoms with Crippen LogP contribution in [0.15, 0.2) is 0 Å². The maximum atomic E-state index is 11.9. The predicted octanol–water partition coefficient (Wildman–Crippen LogP) is 0.925. The van der Waals surface area contributed by atoms with Gasteiger partial charge in [0.1, 0.15) is 0 Å². The minimum atomic E-state index is -0.336. The summed E-state index contributed by atoms with van der Waals surface area (Å²) in [4.78, 5) is 28.3. The molecular weight excluding hydrogens is 280 g/mol. The van der Waals surface area contributed by atoms with E-state index in [9.17, 15) is 9.59 Å². The summed E-state index contributed by atoms with van der Waals surface area (Å²) in [6, 6.07) is 0.637. The van der Waals surface area contributed by atoms with Gasteiger partial charge in [0.05, 0.1) is 6.54 Å². The summed E-state index contributed by atoms with van der Waals surface area (Å²) >= 11 is 0. The topological polar surface area (TPSA) is 64.7 Å². The number of imide groups is 1. The molecule has 1 saturated carbocycles. The minimum Gasteiger partial charge on any atom is -0.335 e. The molecule has 3 aliphatic rings. The van der Waals surface area contributed by atoms with E-state index in [0.29, 0.717) is 12.6 Å². The van der Waals surface area contributed by atoms with E-state index in [1.54, 1.807) is 0 Å². The van der Waals surface area contributed by atoms with Crippen LogP contribution in [0.1, 0.15) is 44.9 Å². The number of hydrogen-bond donors (Lipinski definition) is 2. The number of likely N-dealkylation sites (tertiary alicyclic amines) is 2. The van der Waals surface area contributed by atoms with Crippen LogP contribution >= 0.6 is 0 Å². The Labute approximate surface area is 132 Å². The number of amides is 3. The van der Waals surface area contributed by atoms with Crippen LogP contribution in [0.3, 0.4) is 0 Å². The fourth-order valence-corrected chi connectivity index (χ4v) is 3.59. The summed E-state index contributed by atoms with van der Waals surface area (Å²) < 4.78 is 0. The molecule has 0 bridgehead atoms. The Morgan fingerprint density at radius 2 is 1.68 bits per heavy atom. The molecule has 0 aromatic carbocycles. The van der Waals surface area contributed by atoms with E-state index in [2.05, 4.69) is 20.4 Å². The van der Waals surface area contributed by atoms with Crippen LogP contribution < -0.4 is 10.6 Å². The van der Waals surface area contributed by atoms with Crippen LogP contribution in [-0.2, 0) is 4.79 Å². The summed E-state index contributed by atoms with van der Waals surface area (Å²) in [5.74, 6) is -0.183. The summed E-state index contributed by atoms with van der Waals surface area (Å²) in [7, 11) is 0. The fraction of sp³-hybridized carbons (Fsp3) is 0.875. The third kappa shape index (κ3) is 4.68. The van der Waals surface area contributed by atoms with Gasteiger partial charge in [-0.05, 0) is 64.6 Å². The van der Waals surface area contributed by atoms with Crippen molar-refractivity contribution in [2.24, 2.45) is 0 Å². The van der Waals surface area contributed by atoms with Gasteiger partial charge in [-0.2, -0.15) is 0 Å². The molecule has 0 radical (unpaired) electrons. The summed E-state index contributed by atoms with van der Waals surface area (Å²) in [5, 5.41) is 5.23. The Hall–Kier alpha value is -1.14. The maximum Gasteiger partial charge on any atom is 0.321 e. The van der Waals surface area contributed by atoms with Crippen molar-refractivity contribution in [3.8, 4) is 0 Å². The van der Waals surface area contributed by atoms with Crippen molar-refractivity contribution in [2.75, 3.05) is 32.7 Å². The summed E-state index contributed by atoms with van der Waals surface area (Å²) in [5.41, 5.74) is 0. The molecule has 124 valence electrons. The van der Waals surface area contributed by atoms with Gasteiger partial charge in [-0.1, -0.05) is 0 Å². The number of nitrogens with one attached hydrogen (secondary N) is 2. The second-order valence-electron chi connectivity index (χ2n) is 6.90. The van der Waals surface area contributed by atoms with Gasteiger partial charge in [0, 0.05) is 18.6 Å². The van der Waals surface area contributed by atoms with E-state index in [0.717, 1.165) is 38.8 Å². The van der Waals surface area contributed by atoms with Crippen molar-refractivity contribution >= 4 is 11.9 Å². The molecule has 3 fully saturated rings. The highest BCUT2D eigenvalue weighted by molar-refractivity contribution is 5.95. The number of nitrogens with zero attached hydrogens (tertiary/aromatic N) is 2. The van der Waals surface area contributed by atoms with E-state index in [4.69, 9.17) is 0 Å². The van der Waals surface area contributed by atoms with Crippen molar-refractivity contribution < 1.29 is 9.59 Å². The molecule has 6 nitrogen and oxygen atoms in total. The standard InChI is InChI=1S/C16H28N4O2/c21-15(18-16(22)17-13-5-6-13)12-19-8-3-4-14(7-11-19)20-9-1-2-10-20/h13-14H,1-12H2,(H2,17,18,21,22). The molecule has 3 rings (SSSR count). The normalized spacial score (nSPS) is 27.4. The van der Waals surface area contributed by atoms with E-state index >= 15 is 0 Å². The molecule has 0 aromatic rings.